The monoisotopic (exact) mass is 308 g/mol. The number of carbonyl (C=O) groups is 1. The van der Waals surface area contributed by atoms with Crippen molar-refractivity contribution < 1.29 is 4.79 Å². The highest BCUT2D eigenvalue weighted by molar-refractivity contribution is 7.15. The van der Waals surface area contributed by atoms with E-state index >= 15 is 0 Å². The Hall–Kier alpha value is -2.46. The first-order valence-electron chi connectivity index (χ1n) is 7.05. The van der Waals surface area contributed by atoms with Gasteiger partial charge in [0.1, 0.15) is 0 Å². The van der Waals surface area contributed by atoms with E-state index < -0.39 is 0 Å². The molecule has 0 aliphatic carbocycles. The normalized spacial score (nSPS) is 10.6. The Morgan fingerprint density at radius 1 is 1.32 bits per heavy atom. The largest absolute Gasteiger partial charge is 0.349 e. The third-order valence-electron chi connectivity index (χ3n) is 3.36. The number of benzene rings is 1. The first kappa shape index (κ1) is 14.5. The summed E-state index contributed by atoms with van der Waals surface area (Å²) >= 11 is 1.68. The molecule has 3 aromatic rings. The summed E-state index contributed by atoms with van der Waals surface area (Å²) < 4.78 is 0. The number of hydrogen-bond donors (Lipinski definition) is 1. The molecule has 22 heavy (non-hydrogen) atoms. The second kappa shape index (κ2) is 6.12. The Morgan fingerprint density at radius 2 is 2.14 bits per heavy atom. The Balaban J connectivity index is 2.16. The van der Waals surface area contributed by atoms with Crippen molar-refractivity contribution in [1.82, 2.24) is 10.3 Å². The molecule has 0 atom stereocenters. The van der Waals surface area contributed by atoms with E-state index in [0.717, 1.165) is 21.5 Å². The second-order valence-electron chi connectivity index (χ2n) is 4.98. The van der Waals surface area contributed by atoms with Crippen molar-refractivity contribution in [3.63, 3.8) is 0 Å². The maximum absolute atomic E-state index is 12.4. The molecule has 1 aromatic carbocycles. The quantitative estimate of drug-likeness (QED) is 0.734. The molecule has 2 heterocycles. The lowest BCUT2D eigenvalue weighted by Gasteiger charge is -2.09. The van der Waals surface area contributed by atoms with Crippen LogP contribution >= 0.6 is 11.3 Å². The third kappa shape index (κ3) is 2.78. The zero-order valence-corrected chi connectivity index (χ0v) is 13.1. The van der Waals surface area contributed by atoms with Gasteiger partial charge in [0.05, 0.1) is 21.7 Å². The van der Waals surface area contributed by atoms with Gasteiger partial charge in [-0.15, -0.1) is 17.9 Å². The Labute approximate surface area is 133 Å². The molecule has 0 saturated heterocycles. The lowest BCUT2D eigenvalue weighted by molar-refractivity contribution is 0.0959. The molecule has 0 unspecified atom stereocenters. The molecule has 110 valence electrons. The van der Waals surface area contributed by atoms with Gasteiger partial charge >= 0.3 is 0 Å². The fourth-order valence-corrected chi connectivity index (χ4v) is 3.15. The average molecular weight is 308 g/mol. The van der Waals surface area contributed by atoms with Crippen molar-refractivity contribution >= 4 is 28.1 Å². The number of rotatable bonds is 4. The molecule has 4 heteroatoms. The highest BCUT2D eigenvalue weighted by Gasteiger charge is 2.13. The zero-order valence-electron chi connectivity index (χ0n) is 12.3. The molecule has 3 nitrogen and oxygen atoms in total. The fourth-order valence-electron chi connectivity index (χ4n) is 2.32. The number of carbonyl (C=O) groups excluding carboxylic acids is 1. The van der Waals surface area contributed by atoms with Crippen LogP contribution in [-0.4, -0.2) is 17.4 Å². The predicted octanol–water partition coefficient (Wildman–Crippen LogP) is 4.19. The van der Waals surface area contributed by atoms with Crippen molar-refractivity contribution in [3.8, 4) is 10.6 Å². The zero-order chi connectivity index (χ0) is 15.5. The van der Waals surface area contributed by atoms with E-state index in [0.29, 0.717) is 12.1 Å². The van der Waals surface area contributed by atoms with Crippen LogP contribution in [-0.2, 0) is 0 Å². The van der Waals surface area contributed by atoms with Gasteiger partial charge in [-0.25, -0.2) is 4.98 Å². The summed E-state index contributed by atoms with van der Waals surface area (Å²) in [5.41, 5.74) is 2.31. The van der Waals surface area contributed by atoms with Crippen LogP contribution < -0.4 is 5.32 Å². The average Bonchev–Trinajstić information content (AvgIpc) is 2.98. The van der Waals surface area contributed by atoms with Gasteiger partial charge in [0.2, 0.25) is 0 Å². The Morgan fingerprint density at radius 3 is 2.86 bits per heavy atom. The van der Waals surface area contributed by atoms with Crippen LogP contribution in [0.1, 0.15) is 15.2 Å². The van der Waals surface area contributed by atoms with E-state index in [-0.39, 0.29) is 5.91 Å². The summed E-state index contributed by atoms with van der Waals surface area (Å²) in [7, 11) is 0. The minimum atomic E-state index is -0.104. The molecular weight excluding hydrogens is 292 g/mol. The van der Waals surface area contributed by atoms with E-state index in [4.69, 9.17) is 4.98 Å². The third-order valence-corrected chi connectivity index (χ3v) is 4.38. The summed E-state index contributed by atoms with van der Waals surface area (Å²) in [5.74, 6) is -0.104. The van der Waals surface area contributed by atoms with E-state index in [1.165, 1.54) is 4.88 Å². The first-order chi connectivity index (χ1) is 10.7. The van der Waals surface area contributed by atoms with Gasteiger partial charge < -0.3 is 5.32 Å². The SMILES string of the molecule is C=CCNC(=O)c1cc(-c2ccc(C)s2)nc2ccccc12. The summed E-state index contributed by atoms with van der Waals surface area (Å²) in [6, 6.07) is 13.7. The van der Waals surface area contributed by atoms with Crippen molar-refractivity contribution in [1.29, 1.82) is 0 Å². The van der Waals surface area contributed by atoms with E-state index in [1.54, 1.807) is 17.4 Å². The second-order valence-corrected chi connectivity index (χ2v) is 6.27. The van der Waals surface area contributed by atoms with Gasteiger partial charge in [0.15, 0.2) is 0 Å². The van der Waals surface area contributed by atoms with Crippen molar-refractivity contribution in [2.45, 2.75) is 6.92 Å². The van der Waals surface area contributed by atoms with Crippen LogP contribution in [0.3, 0.4) is 0 Å². The number of nitrogens with zero attached hydrogens (tertiary/aromatic N) is 1. The van der Waals surface area contributed by atoms with Crippen LogP contribution in [0.5, 0.6) is 0 Å². The molecule has 2 aromatic heterocycles. The van der Waals surface area contributed by atoms with Crippen LogP contribution in [0.2, 0.25) is 0 Å². The number of fused-ring (bicyclic) bond motifs is 1. The Kier molecular flexibility index (Phi) is 4.02. The highest BCUT2D eigenvalue weighted by Crippen LogP contribution is 2.29. The number of pyridine rings is 1. The van der Waals surface area contributed by atoms with Crippen LogP contribution in [0, 0.1) is 6.92 Å². The molecule has 1 amide bonds. The highest BCUT2D eigenvalue weighted by atomic mass is 32.1. The summed E-state index contributed by atoms with van der Waals surface area (Å²) in [4.78, 5) is 19.4. The predicted molar refractivity (Wildman–Crippen MR) is 92.3 cm³/mol. The van der Waals surface area contributed by atoms with Crippen LogP contribution in [0.15, 0.2) is 55.1 Å². The number of aromatic nitrogens is 1. The first-order valence-corrected chi connectivity index (χ1v) is 7.86. The van der Waals surface area contributed by atoms with E-state index in [2.05, 4.69) is 24.9 Å². The van der Waals surface area contributed by atoms with Crippen molar-refractivity contribution in [2.75, 3.05) is 6.54 Å². The molecule has 0 saturated carbocycles. The maximum Gasteiger partial charge on any atom is 0.252 e. The minimum Gasteiger partial charge on any atom is -0.349 e. The fraction of sp³-hybridized carbons (Fsp3) is 0.111. The molecule has 0 fully saturated rings. The van der Waals surface area contributed by atoms with E-state index in [1.807, 2.05) is 36.4 Å². The van der Waals surface area contributed by atoms with Crippen LogP contribution in [0.25, 0.3) is 21.5 Å². The molecule has 1 N–H and O–H groups in total. The van der Waals surface area contributed by atoms with Gasteiger partial charge in [-0.2, -0.15) is 0 Å². The van der Waals surface area contributed by atoms with Crippen molar-refractivity contribution in [2.24, 2.45) is 0 Å². The number of para-hydroxylation sites is 1. The molecule has 0 bridgehead atoms. The smallest absolute Gasteiger partial charge is 0.252 e. The number of nitrogens with one attached hydrogen (secondary N) is 1. The minimum absolute atomic E-state index is 0.104. The Bertz CT molecular complexity index is 851. The summed E-state index contributed by atoms with van der Waals surface area (Å²) in [6.45, 7) is 6.14. The number of amides is 1. The van der Waals surface area contributed by atoms with Crippen LogP contribution in [0.4, 0.5) is 0 Å². The maximum atomic E-state index is 12.4. The summed E-state index contributed by atoms with van der Waals surface area (Å²) in [5, 5.41) is 3.71. The lowest BCUT2D eigenvalue weighted by Crippen LogP contribution is -2.23. The van der Waals surface area contributed by atoms with Crippen molar-refractivity contribution in [3.05, 3.63) is 65.6 Å². The topological polar surface area (TPSA) is 42.0 Å². The molecule has 0 aliphatic rings. The van der Waals surface area contributed by atoms with Gasteiger partial charge in [0, 0.05) is 16.8 Å². The standard InChI is InChI=1S/C18H16N2OS/c1-3-10-19-18(21)14-11-16(17-9-8-12(2)22-17)20-15-7-5-4-6-13(14)15/h3-9,11H,1,10H2,2H3,(H,19,21). The molecule has 0 radical (unpaired) electrons. The van der Waals surface area contributed by atoms with Gasteiger partial charge in [-0.3, -0.25) is 4.79 Å². The molecule has 0 aliphatic heterocycles. The van der Waals surface area contributed by atoms with Gasteiger partial charge in [-0.05, 0) is 31.2 Å². The van der Waals surface area contributed by atoms with E-state index in [9.17, 15) is 4.79 Å². The molecule has 0 spiro atoms. The van der Waals surface area contributed by atoms with Gasteiger partial charge in [-0.1, -0.05) is 24.3 Å². The number of hydrogen-bond acceptors (Lipinski definition) is 3. The number of aryl methyl sites for hydroxylation is 1. The lowest BCUT2D eigenvalue weighted by atomic mass is 10.1. The molecular formula is C18H16N2OS. The summed E-state index contributed by atoms with van der Waals surface area (Å²) in [6.07, 6.45) is 1.67. The number of thiophene rings is 1. The van der Waals surface area contributed by atoms with Gasteiger partial charge in [0.25, 0.3) is 5.91 Å². The molecule has 3 rings (SSSR count).